The molecule has 68 valence electrons. The van der Waals surface area contributed by atoms with E-state index in [9.17, 15) is 0 Å². The predicted octanol–water partition coefficient (Wildman–Crippen LogP) is 2.55. The maximum Gasteiger partial charge on any atom is 0.146 e. The predicted molar refractivity (Wildman–Crippen MR) is 54.3 cm³/mol. The van der Waals surface area contributed by atoms with Gasteiger partial charge in [-0.15, -0.1) is 0 Å². The zero-order valence-corrected chi connectivity index (χ0v) is 8.67. The average molecular weight is 242 g/mol. The molecule has 1 aromatic rings. The minimum atomic E-state index is 0.534. The monoisotopic (exact) mass is 241 g/mol. The van der Waals surface area contributed by atoms with Crippen LogP contribution < -0.4 is 9.47 Å². The molecular weight excluding hydrogens is 234 g/mol. The number of fused-ring (bicyclic) bond motifs is 1. The number of hydrogen-bond donors (Lipinski definition) is 0. The Labute approximate surface area is 84.5 Å². The first-order chi connectivity index (χ1) is 6.31. The Balaban J connectivity index is 2.52. The Morgan fingerprint density at radius 3 is 3.15 bits per heavy atom. The Bertz CT molecular complexity index is 363. The Kier molecular flexibility index (Phi) is 2.22. The van der Waals surface area contributed by atoms with Crippen molar-refractivity contribution >= 4 is 27.8 Å². The van der Waals surface area contributed by atoms with Crippen LogP contribution in [0.1, 0.15) is 0 Å². The molecule has 0 unspecified atom stereocenters. The summed E-state index contributed by atoms with van der Waals surface area (Å²) in [5.41, 5.74) is 0.811. The van der Waals surface area contributed by atoms with Crippen molar-refractivity contribution in [2.24, 2.45) is 4.99 Å². The number of ether oxygens (including phenoxy) is 2. The topological polar surface area (TPSA) is 30.8 Å². The van der Waals surface area contributed by atoms with E-state index in [0.29, 0.717) is 6.61 Å². The molecule has 0 spiro atoms. The molecule has 0 aliphatic carbocycles. The van der Waals surface area contributed by atoms with Gasteiger partial charge in [0.2, 0.25) is 0 Å². The van der Waals surface area contributed by atoms with Crippen LogP contribution in [0.3, 0.4) is 0 Å². The van der Waals surface area contributed by atoms with E-state index in [1.54, 1.807) is 13.3 Å². The van der Waals surface area contributed by atoms with E-state index in [2.05, 4.69) is 20.9 Å². The molecule has 1 aliphatic rings. The van der Waals surface area contributed by atoms with Gasteiger partial charge in [0.25, 0.3) is 0 Å². The molecule has 0 aromatic heterocycles. The molecule has 1 aliphatic heterocycles. The zero-order valence-electron chi connectivity index (χ0n) is 7.08. The number of nitrogens with zero attached hydrogens (tertiary/aromatic N) is 1. The van der Waals surface area contributed by atoms with Crippen LogP contribution in [0.4, 0.5) is 5.69 Å². The van der Waals surface area contributed by atoms with E-state index in [0.717, 1.165) is 21.7 Å². The van der Waals surface area contributed by atoms with Crippen molar-refractivity contribution in [2.45, 2.75) is 0 Å². The molecule has 13 heavy (non-hydrogen) atoms. The van der Waals surface area contributed by atoms with Gasteiger partial charge in [-0.05, 0) is 15.9 Å². The van der Waals surface area contributed by atoms with E-state index in [1.807, 2.05) is 12.1 Å². The van der Waals surface area contributed by atoms with Gasteiger partial charge in [-0.3, -0.25) is 4.99 Å². The van der Waals surface area contributed by atoms with Crippen molar-refractivity contribution in [1.82, 2.24) is 0 Å². The molecule has 2 rings (SSSR count). The largest absolute Gasteiger partial charge is 0.495 e. The molecule has 1 heterocycles. The molecular formula is C9H8BrNO2. The fraction of sp³-hybridized carbons (Fsp3) is 0.222. The lowest BCUT2D eigenvalue weighted by Gasteiger charge is -2.13. The van der Waals surface area contributed by atoms with Gasteiger partial charge < -0.3 is 9.47 Å². The fourth-order valence-corrected chi connectivity index (χ4v) is 1.64. The van der Waals surface area contributed by atoms with E-state index in [-0.39, 0.29) is 0 Å². The van der Waals surface area contributed by atoms with Crippen LogP contribution in [0.15, 0.2) is 21.6 Å². The molecule has 1 aromatic carbocycles. The number of rotatable bonds is 1. The highest BCUT2D eigenvalue weighted by atomic mass is 79.9. The van der Waals surface area contributed by atoms with Gasteiger partial charge in [-0.2, -0.15) is 0 Å². The van der Waals surface area contributed by atoms with Gasteiger partial charge in [0.15, 0.2) is 0 Å². The third kappa shape index (κ3) is 1.54. The fourth-order valence-electron chi connectivity index (χ4n) is 1.16. The Morgan fingerprint density at radius 2 is 2.38 bits per heavy atom. The van der Waals surface area contributed by atoms with Crippen molar-refractivity contribution in [3.63, 3.8) is 0 Å². The van der Waals surface area contributed by atoms with Crippen LogP contribution >= 0.6 is 15.9 Å². The lowest BCUT2D eigenvalue weighted by molar-refractivity contribution is 0.373. The van der Waals surface area contributed by atoms with Gasteiger partial charge in [0.05, 0.1) is 11.6 Å². The first-order valence-electron chi connectivity index (χ1n) is 3.84. The molecule has 0 fully saturated rings. The van der Waals surface area contributed by atoms with Gasteiger partial charge >= 0.3 is 0 Å². The summed E-state index contributed by atoms with van der Waals surface area (Å²) in [6.07, 6.45) is 1.73. The SMILES string of the molecule is COc1cc2c(cc1Br)OCC=N2. The van der Waals surface area contributed by atoms with Crippen LogP contribution in [-0.2, 0) is 0 Å². The second-order valence-electron chi connectivity index (χ2n) is 2.58. The zero-order chi connectivity index (χ0) is 9.26. The maximum atomic E-state index is 5.37. The summed E-state index contributed by atoms with van der Waals surface area (Å²) in [5.74, 6) is 1.55. The lowest BCUT2D eigenvalue weighted by atomic mass is 10.2. The van der Waals surface area contributed by atoms with Crippen molar-refractivity contribution in [2.75, 3.05) is 13.7 Å². The summed E-state index contributed by atoms with van der Waals surface area (Å²) in [4.78, 5) is 4.19. The summed E-state index contributed by atoms with van der Waals surface area (Å²) in [6.45, 7) is 0.534. The highest BCUT2D eigenvalue weighted by molar-refractivity contribution is 9.10. The smallest absolute Gasteiger partial charge is 0.146 e. The summed E-state index contributed by atoms with van der Waals surface area (Å²) < 4.78 is 11.4. The summed E-state index contributed by atoms with van der Waals surface area (Å²) in [5, 5.41) is 0. The third-order valence-corrected chi connectivity index (χ3v) is 2.40. The molecule has 0 bridgehead atoms. The molecule has 0 N–H and O–H groups in total. The highest BCUT2D eigenvalue weighted by Crippen LogP contribution is 2.38. The van der Waals surface area contributed by atoms with Gasteiger partial charge in [0, 0.05) is 18.3 Å². The van der Waals surface area contributed by atoms with Crippen LogP contribution in [0.25, 0.3) is 0 Å². The maximum absolute atomic E-state index is 5.37. The second kappa shape index (κ2) is 3.38. The van der Waals surface area contributed by atoms with E-state index in [1.165, 1.54) is 0 Å². The van der Waals surface area contributed by atoms with Crippen LogP contribution in [-0.4, -0.2) is 19.9 Å². The van der Waals surface area contributed by atoms with Gasteiger partial charge in [-0.25, -0.2) is 0 Å². The molecule has 0 saturated carbocycles. The van der Waals surface area contributed by atoms with Crippen molar-refractivity contribution in [3.05, 3.63) is 16.6 Å². The quantitative estimate of drug-likeness (QED) is 0.757. The molecule has 4 heteroatoms. The van der Waals surface area contributed by atoms with Crippen LogP contribution in [0.5, 0.6) is 11.5 Å². The Hall–Kier alpha value is -1.03. The lowest BCUT2D eigenvalue weighted by Crippen LogP contribution is -2.02. The second-order valence-corrected chi connectivity index (χ2v) is 3.43. The normalized spacial score (nSPS) is 13.4. The summed E-state index contributed by atoms with van der Waals surface area (Å²) in [7, 11) is 1.62. The molecule has 0 atom stereocenters. The van der Waals surface area contributed by atoms with E-state index >= 15 is 0 Å². The van der Waals surface area contributed by atoms with Crippen LogP contribution in [0, 0.1) is 0 Å². The van der Waals surface area contributed by atoms with Crippen LogP contribution in [0.2, 0.25) is 0 Å². The van der Waals surface area contributed by atoms with Crippen molar-refractivity contribution in [3.8, 4) is 11.5 Å². The first-order valence-corrected chi connectivity index (χ1v) is 4.63. The van der Waals surface area contributed by atoms with E-state index in [4.69, 9.17) is 9.47 Å². The standard InChI is InChI=1S/C9H8BrNO2/c1-12-8-5-7-9(4-6(8)10)13-3-2-11-7/h2,4-5H,3H2,1H3. The number of aliphatic imine (C=N–C) groups is 1. The van der Waals surface area contributed by atoms with E-state index < -0.39 is 0 Å². The Morgan fingerprint density at radius 1 is 1.54 bits per heavy atom. The number of methoxy groups -OCH3 is 1. The molecule has 3 nitrogen and oxygen atoms in total. The third-order valence-electron chi connectivity index (χ3n) is 1.78. The highest BCUT2D eigenvalue weighted by Gasteiger charge is 2.11. The van der Waals surface area contributed by atoms with Gasteiger partial charge in [-0.1, -0.05) is 0 Å². The molecule has 0 amide bonds. The molecule has 0 saturated heterocycles. The summed E-state index contributed by atoms with van der Waals surface area (Å²) in [6, 6.07) is 3.71. The number of hydrogen-bond acceptors (Lipinski definition) is 3. The molecule has 0 radical (unpaired) electrons. The van der Waals surface area contributed by atoms with Crippen molar-refractivity contribution in [1.29, 1.82) is 0 Å². The minimum Gasteiger partial charge on any atom is -0.495 e. The summed E-state index contributed by atoms with van der Waals surface area (Å²) >= 11 is 3.38. The van der Waals surface area contributed by atoms with Crippen molar-refractivity contribution < 1.29 is 9.47 Å². The number of halogens is 1. The number of benzene rings is 1. The minimum absolute atomic E-state index is 0.534. The first kappa shape index (κ1) is 8.56. The average Bonchev–Trinajstić information content (AvgIpc) is 2.17. The van der Waals surface area contributed by atoms with Gasteiger partial charge in [0.1, 0.15) is 23.8 Å².